The number of rotatable bonds is 2. The first-order valence-corrected chi connectivity index (χ1v) is 6.84. The lowest BCUT2D eigenvalue weighted by Gasteiger charge is -2.32. The van der Waals surface area contributed by atoms with E-state index in [0.29, 0.717) is 5.41 Å². The normalized spacial score (nSPS) is 24.8. The van der Waals surface area contributed by atoms with Crippen LogP contribution in [0, 0.1) is 5.41 Å². The number of ether oxygens (including phenoxy) is 1. The van der Waals surface area contributed by atoms with Gasteiger partial charge in [0.2, 0.25) is 0 Å². The fourth-order valence-electron chi connectivity index (χ4n) is 3.14. The Bertz CT molecular complexity index is 264. The zero-order chi connectivity index (χ0) is 11.6. The Morgan fingerprint density at radius 3 is 2.38 bits per heavy atom. The van der Waals surface area contributed by atoms with Gasteiger partial charge in [-0.3, -0.25) is 0 Å². The lowest BCUT2D eigenvalue weighted by molar-refractivity contribution is 0.00880. The predicted molar refractivity (Wildman–Crippen MR) is 68.5 cm³/mol. The summed E-state index contributed by atoms with van der Waals surface area (Å²) in [6.07, 6.45) is 12.4. The molecule has 2 rings (SSSR count). The van der Waals surface area contributed by atoms with Gasteiger partial charge in [-0.2, -0.15) is 0 Å². The first kappa shape index (κ1) is 12.2. The Balaban J connectivity index is 1.96. The summed E-state index contributed by atoms with van der Waals surface area (Å²) < 4.78 is 5.90. The third kappa shape index (κ3) is 3.10. The molecule has 1 nitrogen and oxygen atoms in total. The highest BCUT2D eigenvalue weighted by Crippen LogP contribution is 2.47. The molecule has 0 heterocycles. The Morgan fingerprint density at radius 1 is 1.12 bits per heavy atom. The van der Waals surface area contributed by atoms with Gasteiger partial charge in [0, 0.05) is 0 Å². The molecule has 92 valence electrons. The van der Waals surface area contributed by atoms with Gasteiger partial charge in [-0.25, -0.2) is 0 Å². The minimum atomic E-state index is 0.00112. The van der Waals surface area contributed by atoms with E-state index < -0.39 is 0 Å². The van der Waals surface area contributed by atoms with E-state index >= 15 is 0 Å². The van der Waals surface area contributed by atoms with Crippen LogP contribution in [-0.4, -0.2) is 12.2 Å². The van der Waals surface area contributed by atoms with E-state index in [2.05, 4.69) is 26.8 Å². The van der Waals surface area contributed by atoms with Gasteiger partial charge < -0.3 is 4.74 Å². The molecule has 0 atom stereocenters. The third-order valence-electron chi connectivity index (χ3n) is 3.97. The highest BCUT2D eigenvalue weighted by atomic mass is 16.5. The zero-order valence-electron chi connectivity index (χ0n) is 11.1. The molecule has 0 bridgehead atoms. The number of hydrogen-bond acceptors (Lipinski definition) is 1. The second-order valence-corrected chi connectivity index (χ2v) is 6.63. The van der Waals surface area contributed by atoms with Crippen molar-refractivity contribution in [3.8, 4) is 0 Å². The van der Waals surface area contributed by atoms with Crippen molar-refractivity contribution in [3.05, 3.63) is 11.6 Å². The van der Waals surface area contributed by atoms with Crippen LogP contribution in [0.1, 0.15) is 65.7 Å². The molecular weight excluding hydrogens is 196 g/mol. The molecule has 2 aliphatic rings. The van der Waals surface area contributed by atoms with Crippen molar-refractivity contribution in [3.63, 3.8) is 0 Å². The standard InChI is InChI=1S/C15H26O/c1-14(2,3)16-12-13-7-6-10-15(11-13)8-4-5-9-15/h11H,4-10,12H2,1-3H3. The first-order chi connectivity index (χ1) is 7.49. The van der Waals surface area contributed by atoms with Gasteiger partial charge in [0.15, 0.2) is 0 Å². The Labute approximate surface area is 100 Å². The van der Waals surface area contributed by atoms with Crippen molar-refractivity contribution in [2.75, 3.05) is 6.61 Å². The van der Waals surface area contributed by atoms with Crippen LogP contribution >= 0.6 is 0 Å². The van der Waals surface area contributed by atoms with Gasteiger partial charge in [0.1, 0.15) is 0 Å². The van der Waals surface area contributed by atoms with Gasteiger partial charge in [-0.15, -0.1) is 0 Å². The molecule has 0 radical (unpaired) electrons. The molecule has 1 spiro atoms. The lowest BCUT2D eigenvalue weighted by Crippen LogP contribution is -2.24. The molecule has 0 aliphatic heterocycles. The molecule has 0 N–H and O–H groups in total. The molecular formula is C15H26O. The smallest absolute Gasteiger partial charge is 0.0684 e. The third-order valence-corrected chi connectivity index (χ3v) is 3.97. The molecule has 0 aromatic heterocycles. The Kier molecular flexibility index (Phi) is 3.44. The van der Waals surface area contributed by atoms with E-state index in [1.165, 1.54) is 44.9 Å². The molecule has 0 aromatic carbocycles. The highest BCUT2D eigenvalue weighted by Gasteiger charge is 2.33. The highest BCUT2D eigenvalue weighted by molar-refractivity contribution is 5.15. The van der Waals surface area contributed by atoms with Crippen LogP contribution in [0.15, 0.2) is 11.6 Å². The minimum Gasteiger partial charge on any atom is -0.372 e. The van der Waals surface area contributed by atoms with Crippen LogP contribution < -0.4 is 0 Å². The molecule has 16 heavy (non-hydrogen) atoms. The number of hydrogen-bond donors (Lipinski definition) is 0. The van der Waals surface area contributed by atoms with Crippen molar-refractivity contribution < 1.29 is 4.74 Å². The summed E-state index contributed by atoms with van der Waals surface area (Å²) in [5, 5.41) is 0. The van der Waals surface area contributed by atoms with E-state index in [0.717, 1.165) is 6.61 Å². The predicted octanol–water partition coefficient (Wildman–Crippen LogP) is 4.47. The maximum Gasteiger partial charge on any atom is 0.0684 e. The Hall–Kier alpha value is -0.300. The molecule has 1 saturated carbocycles. The molecule has 0 aromatic rings. The van der Waals surface area contributed by atoms with Crippen LogP contribution in [-0.2, 0) is 4.74 Å². The largest absolute Gasteiger partial charge is 0.372 e. The first-order valence-electron chi connectivity index (χ1n) is 6.84. The zero-order valence-corrected chi connectivity index (χ0v) is 11.1. The van der Waals surface area contributed by atoms with E-state index in [9.17, 15) is 0 Å². The van der Waals surface area contributed by atoms with Crippen LogP contribution in [0.2, 0.25) is 0 Å². The summed E-state index contributed by atoms with van der Waals surface area (Å²) in [5.41, 5.74) is 2.14. The summed E-state index contributed by atoms with van der Waals surface area (Å²) >= 11 is 0. The van der Waals surface area contributed by atoms with E-state index in [1.807, 2.05) is 0 Å². The summed E-state index contributed by atoms with van der Waals surface area (Å²) in [5.74, 6) is 0. The van der Waals surface area contributed by atoms with Gasteiger partial charge in [-0.1, -0.05) is 18.9 Å². The average Bonchev–Trinajstić information content (AvgIpc) is 2.63. The second kappa shape index (κ2) is 4.52. The van der Waals surface area contributed by atoms with Crippen molar-refractivity contribution >= 4 is 0 Å². The summed E-state index contributed by atoms with van der Waals surface area (Å²) in [6, 6.07) is 0. The Morgan fingerprint density at radius 2 is 1.75 bits per heavy atom. The van der Waals surface area contributed by atoms with Gasteiger partial charge >= 0.3 is 0 Å². The van der Waals surface area contributed by atoms with Crippen LogP contribution in [0.4, 0.5) is 0 Å². The van der Waals surface area contributed by atoms with Crippen molar-refractivity contribution in [1.29, 1.82) is 0 Å². The molecule has 1 fully saturated rings. The molecule has 0 amide bonds. The summed E-state index contributed by atoms with van der Waals surface area (Å²) in [7, 11) is 0. The maximum absolute atomic E-state index is 5.90. The molecule has 2 aliphatic carbocycles. The van der Waals surface area contributed by atoms with E-state index in [4.69, 9.17) is 4.74 Å². The minimum absolute atomic E-state index is 0.00112. The molecule has 0 saturated heterocycles. The van der Waals surface area contributed by atoms with Crippen molar-refractivity contribution in [1.82, 2.24) is 0 Å². The quantitative estimate of drug-likeness (QED) is 0.626. The monoisotopic (exact) mass is 222 g/mol. The second-order valence-electron chi connectivity index (χ2n) is 6.63. The van der Waals surface area contributed by atoms with E-state index in [1.54, 1.807) is 5.57 Å². The summed E-state index contributed by atoms with van der Waals surface area (Å²) in [4.78, 5) is 0. The van der Waals surface area contributed by atoms with E-state index in [-0.39, 0.29) is 5.60 Å². The average molecular weight is 222 g/mol. The van der Waals surface area contributed by atoms with Crippen LogP contribution in [0.5, 0.6) is 0 Å². The van der Waals surface area contributed by atoms with Gasteiger partial charge in [0.05, 0.1) is 12.2 Å². The molecule has 0 unspecified atom stereocenters. The molecule has 1 heteroatoms. The lowest BCUT2D eigenvalue weighted by atomic mass is 9.75. The fourth-order valence-corrected chi connectivity index (χ4v) is 3.14. The fraction of sp³-hybridized carbons (Fsp3) is 0.867. The van der Waals surface area contributed by atoms with Crippen LogP contribution in [0.3, 0.4) is 0 Å². The maximum atomic E-state index is 5.90. The van der Waals surface area contributed by atoms with Gasteiger partial charge in [-0.05, 0) is 63.9 Å². The summed E-state index contributed by atoms with van der Waals surface area (Å²) in [6.45, 7) is 7.27. The van der Waals surface area contributed by atoms with Crippen LogP contribution in [0.25, 0.3) is 0 Å². The van der Waals surface area contributed by atoms with Gasteiger partial charge in [0.25, 0.3) is 0 Å². The SMILES string of the molecule is CC(C)(C)OCC1=CC2(CCCC2)CCC1. The number of allylic oxidation sites excluding steroid dienone is 1. The van der Waals surface area contributed by atoms with Crippen molar-refractivity contribution in [2.45, 2.75) is 71.3 Å². The van der Waals surface area contributed by atoms with Crippen molar-refractivity contribution in [2.24, 2.45) is 5.41 Å². The topological polar surface area (TPSA) is 9.23 Å².